The molecule has 144 valence electrons. The number of furan rings is 1. The van der Waals surface area contributed by atoms with Crippen LogP contribution in [0.2, 0.25) is 0 Å². The van der Waals surface area contributed by atoms with Gasteiger partial charge in [0.25, 0.3) is 15.9 Å². The Morgan fingerprint density at radius 1 is 1.11 bits per heavy atom. The first-order valence-corrected chi connectivity index (χ1v) is 10.6. The van der Waals surface area contributed by atoms with Crippen LogP contribution in [0.15, 0.2) is 45.9 Å². The SMILES string of the molecule is O=C(N[C@H]1CCCc2ccccc21)c1ccc(S(=O)(=O)N2CCOCC2)o1. The van der Waals surface area contributed by atoms with E-state index in [1.807, 2.05) is 18.2 Å². The highest BCUT2D eigenvalue weighted by Crippen LogP contribution is 2.30. The zero-order valence-corrected chi connectivity index (χ0v) is 15.7. The predicted molar refractivity (Wildman–Crippen MR) is 97.9 cm³/mol. The fraction of sp³-hybridized carbons (Fsp3) is 0.421. The third kappa shape index (κ3) is 3.65. The molecule has 27 heavy (non-hydrogen) atoms. The van der Waals surface area contributed by atoms with Crippen molar-refractivity contribution >= 4 is 15.9 Å². The molecule has 8 heteroatoms. The summed E-state index contributed by atoms with van der Waals surface area (Å²) in [5, 5.41) is 2.76. The van der Waals surface area contributed by atoms with Crippen LogP contribution in [0, 0.1) is 0 Å². The number of aryl methyl sites for hydroxylation is 1. The number of hydrogen-bond donors (Lipinski definition) is 1. The van der Waals surface area contributed by atoms with Crippen molar-refractivity contribution < 1.29 is 22.4 Å². The molecule has 7 nitrogen and oxygen atoms in total. The topological polar surface area (TPSA) is 88.9 Å². The summed E-state index contributed by atoms with van der Waals surface area (Å²) in [6.45, 7) is 1.27. The molecule has 1 atom stereocenters. The van der Waals surface area contributed by atoms with Gasteiger partial charge in [-0.3, -0.25) is 4.79 Å². The molecule has 1 saturated heterocycles. The molecule has 0 radical (unpaired) electrons. The predicted octanol–water partition coefficient (Wildman–Crippen LogP) is 2.11. The Balaban J connectivity index is 1.50. The van der Waals surface area contributed by atoms with Gasteiger partial charge in [0.1, 0.15) is 0 Å². The highest BCUT2D eigenvalue weighted by Gasteiger charge is 2.30. The number of nitrogens with zero attached hydrogens (tertiary/aromatic N) is 1. The molecule has 0 bridgehead atoms. The third-order valence-electron chi connectivity index (χ3n) is 5.04. The molecule has 2 heterocycles. The summed E-state index contributed by atoms with van der Waals surface area (Å²) in [6.07, 6.45) is 2.85. The van der Waals surface area contributed by atoms with Crippen molar-refractivity contribution in [2.45, 2.75) is 30.4 Å². The summed E-state index contributed by atoms with van der Waals surface area (Å²) < 4.78 is 37.2. The summed E-state index contributed by atoms with van der Waals surface area (Å²) in [6, 6.07) is 10.7. The zero-order valence-electron chi connectivity index (χ0n) is 14.9. The average Bonchev–Trinajstić information content (AvgIpc) is 3.20. The summed E-state index contributed by atoms with van der Waals surface area (Å²) in [7, 11) is -3.75. The quantitative estimate of drug-likeness (QED) is 0.864. The van der Waals surface area contributed by atoms with Crippen LogP contribution >= 0.6 is 0 Å². The van der Waals surface area contributed by atoms with Crippen molar-refractivity contribution in [1.29, 1.82) is 0 Å². The Bertz CT molecular complexity index is 931. The normalized spacial score (nSPS) is 20.8. The van der Waals surface area contributed by atoms with Crippen molar-refractivity contribution in [2.75, 3.05) is 26.3 Å². The van der Waals surface area contributed by atoms with E-state index >= 15 is 0 Å². The van der Waals surface area contributed by atoms with E-state index in [1.165, 1.54) is 22.0 Å². The van der Waals surface area contributed by atoms with Crippen molar-refractivity contribution in [3.8, 4) is 0 Å². The number of amides is 1. The van der Waals surface area contributed by atoms with Crippen LogP contribution in [0.4, 0.5) is 0 Å². The molecule has 1 N–H and O–H groups in total. The molecule has 1 aromatic heterocycles. The average molecular weight is 390 g/mol. The van der Waals surface area contributed by atoms with Crippen molar-refractivity contribution in [3.05, 3.63) is 53.3 Å². The smallest absolute Gasteiger partial charge is 0.287 e. The summed E-state index contributed by atoms with van der Waals surface area (Å²) >= 11 is 0. The molecule has 0 unspecified atom stereocenters. The highest BCUT2D eigenvalue weighted by atomic mass is 32.2. The summed E-state index contributed by atoms with van der Waals surface area (Å²) in [5.41, 5.74) is 2.36. The lowest BCUT2D eigenvalue weighted by Crippen LogP contribution is -2.40. The fourth-order valence-corrected chi connectivity index (χ4v) is 4.95. The van der Waals surface area contributed by atoms with E-state index in [0.29, 0.717) is 13.2 Å². The molecule has 1 amide bonds. The van der Waals surface area contributed by atoms with Crippen molar-refractivity contribution in [3.63, 3.8) is 0 Å². The van der Waals surface area contributed by atoms with Gasteiger partial charge in [-0.25, -0.2) is 8.42 Å². The molecule has 1 aliphatic carbocycles. The number of carbonyl (C=O) groups is 1. The highest BCUT2D eigenvalue weighted by molar-refractivity contribution is 7.89. The van der Waals surface area contributed by atoms with Gasteiger partial charge in [0.05, 0.1) is 19.3 Å². The maximum Gasteiger partial charge on any atom is 0.287 e. The molecule has 0 spiro atoms. The molecule has 0 saturated carbocycles. The van der Waals surface area contributed by atoms with Crippen LogP contribution in [-0.2, 0) is 21.2 Å². The van der Waals surface area contributed by atoms with Crippen LogP contribution in [0.25, 0.3) is 0 Å². The van der Waals surface area contributed by atoms with E-state index in [-0.39, 0.29) is 30.0 Å². The standard InChI is InChI=1S/C19H22N2O5S/c22-19(20-16-7-3-5-14-4-1-2-6-15(14)16)17-8-9-18(26-17)27(23,24)21-10-12-25-13-11-21/h1-2,4,6,8-9,16H,3,5,7,10-13H2,(H,20,22)/t16-/m0/s1. The van der Waals surface area contributed by atoms with E-state index in [4.69, 9.17) is 9.15 Å². The van der Waals surface area contributed by atoms with Crippen molar-refractivity contribution in [2.24, 2.45) is 0 Å². The maximum absolute atomic E-state index is 12.6. The number of carbonyl (C=O) groups excluding carboxylic acids is 1. The molecular formula is C19H22N2O5S. The number of morpholine rings is 1. The van der Waals surface area contributed by atoms with Gasteiger partial charge in [-0.1, -0.05) is 24.3 Å². The van der Waals surface area contributed by atoms with Gasteiger partial charge in [0, 0.05) is 13.1 Å². The Hall–Kier alpha value is -2.16. The van der Waals surface area contributed by atoms with E-state index in [2.05, 4.69) is 11.4 Å². The fourth-order valence-electron chi connectivity index (χ4n) is 3.63. The number of benzene rings is 1. The van der Waals surface area contributed by atoms with Gasteiger partial charge >= 0.3 is 0 Å². The lowest BCUT2D eigenvalue weighted by atomic mass is 9.88. The molecule has 1 aromatic carbocycles. The van der Waals surface area contributed by atoms with Crippen LogP contribution in [0.3, 0.4) is 0 Å². The lowest BCUT2D eigenvalue weighted by Gasteiger charge is -2.26. The van der Waals surface area contributed by atoms with Crippen LogP contribution in [-0.4, -0.2) is 44.9 Å². The Morgan fingerprint density at radius 2 is 1.89 bits per heavy atom. The number of sulfonamides is 1. The van der Waals surface area contributed by atoms with Gasteiger partial charge in [0.2, 0.25) is 5.09 Å². The van der Waals surface area contributed by atoms with E-state index in [1.54, 1.807) is 0 Å². The molecule has 1 aliphatic heterocycles. The molecule has 1 fully saturated rings. The number of fused-ring (bicyclic) bond motifs is 1. The van der Waals surface area contributed by atoms with Crippen molar-refractivity contribution in [1.82, 2.24) is 9.62 Å². The number of ether oxygens (including phenoxy) is 1. The Kier molecular flexibility index (Phi) is 5.03. The molecule has 2 aliphatic rings. The zero-order chi connectivity index (χ0) is 18.9. The first-order chi connectivity index (χ1) is 13.1. The number of nitrogens with one attached hydrogen (secondary N) is 1. The molecule has 4 rings (SSSR count). The number of hydrogen-bond acceptors (Lipinski definition) is 5. The van der Waals surface area contributed by atoms with Crippen LogP contribution < -0.4 is 5.32 Å². The van der Waals surface area contributed by atoms with E-state index in [0.717, 1.165) is 24.8 Å². The Morgan fingerprint density at radius 3 is 2.70 bits per heavy atom. The second kappa shape index (κ2) is 7.46. The molecule has 2 aromatic rings. The second-order valence-electron chi connectivity index (χ2n) is 6.75. The van der Waals surface area contributed by atoms with E-state index < -0.39 is 15.9 Å². The van der Waals surface area contributed by atoms with Gasteiger partial charge in [-0.2, -0.15) is 4.31 Å². The monoisotopic (exact) mass is 390 g/mol. The Labute approximate surface area is 158 Å². The van der Waals surface area contributed by atoms with Gasteiger partial charge in [-0.05, 0) is 42.5 Å². The van der Waals surface area contributed by atoms with Gasteiger partial charge in [0.15, 0.2) is 5.76 Å². The molecular weight excluding hydrogens is 368 g/mol. The second-order valence-corrected chi connectivity index (χ2v) is 8.62. The van der Waals surface area contributed by atoms with Crippen LogP contribution in [0.5, 0.6) is 0 Å². The summed E-state index contributed by atoms with van der Waals surface area (Å²) in [5.74, 6) is -0.398. The third-order valence-corrected chi connectivity index (χ3v) is 6.82. The minimum Gasteiger partial charge on any atom is -0.438 e. The largest absolute Gasteiger partial charge is 0.438 e. The lowest BCUT2D eigenvalue weighted by molar-refractivity contribution is 0.0722. The first-order valence-electron chi connectivity index (χ1n) is 9.12. The van der Waals surface area contributed by atoms with Gasteiger partial charge < -0.3 is 14.5 Å². The summed E-state index contributed by atoms with van der Waals surface area (Å²) in [4.78, 5) is 12.6. The van der Waals surface area contributed by atoms with Crippen LogP contribution in [0.1, 0.15) is 40.6 Å². The van der Waals surface area contributed by atoms with E-state index in [9.17, 15) is 13.2 Å². The maximum atomic E-state index is 12.6. The first kappa shape index (κ1) is 18.2. The number of rotatable bonds is 4. The van der Waals surface area contributed by atoms with Gasteiger partial charge in [-0.15, -0.1) is 0 Å². The minimum atomic E-state index is -3.75. The minimum absolute atomic E-state index is 0.00453.